The van der Waals surface area contributed by atoms with Gasteiger partial charge in [-0.15, -0.1) is 0 Å². The second-order valence-electron chi connectivity index (χ2n) is 6.18. The SMILES string of the molecule is CNC(=O)COc1ccc(C(=O)Nc2ccc(Cl)c(C(=O)N(C)C)c2)cc1OC. The van der Waals surface area contributed by atoms with Gasteiger partial charge in [0.25, 0.3) is 17.7 Å². The molecule has 0 saturated carbocycles. The molecule has 0 aliphatic heterocycles. The first-order valence-corrected chi connectivity index (χ1v) is 8.98. The van der Waals surface area contributed by atoms with Crippen LogP contribution in [0.25, 0.3) is 0 Å². The Balaban J connectivity index is 2.19. The van der Waals surface area contributed by atoms with E-state index in [1.165, 1.54) is 31.2 Å². The van der Waals surface area contributed by atoms with Gasteiger partial charge in [0, 0.05) is 32.4 Å². The molecule has 29 heavy (non-hydrogen) atoms. The Morgan fingerprint density at radius 1 is 1.07 bits per heavy atom. The predicted molar refractivity (Wildman–Crippen MR) is 110 cm³/mol. The van der Waals surface area contributed by atoms with Crippen molar-refractivity contribution in [2.75, 3.05) is 40.2 Å². The number of amides is 3. The third-order valence-corrected chi connectivity index (χ3v) is 4.25. The molecule has 0 heterocycles. The van der Waals surface area contributed by atoms with E-state index in [1.807, 2.05) is 0 Å². The highest BCUT2D eigenvalue weighted by Crippen LogP contribution is 2.29. The number of carbonyl (C=O) groups excluding carboxylic acids is 3. The van der Waals surface area contributed by atoms with Gasteiger partial charge in [0.15, 0.2) is 18.1 Å². The summed E-state index contributed by atoms with van der Waals surface area (Å²) in [6.45, 7) is -0.175. The zero-order valence-corrected chi connectivity index (χ0v) is 17.3. The predicted octanol–water partition coefficient (Wildman–Crippen LogP) is 2.43. The van der Waals surface area contributed by atoms with Crippen molar-refractivity contribution in [1.29, 1.82) is 0 Å². The van der Waals surface area contributed by atoms with Crippen molar-refractivity contribution >= 4 is 35.0 Å². The number of ether oxygens (including phenoxy) is 2. The highest BCUT2D eigenvalue weighted by molar-refractivity contribution is 6.34. The number of nitrogens with zero attached hydrogens (tertiary/aromatic N) is 1. The summed E-state index contributed by atoms with van der Waals surface area (Å²) in [6, 6.07) is 9.24. The van der Waals surface area contributed by atoms with Crippen LogP contribution in [0.1, 0.15) is 20.7 Å². The van der Waals surface area contributed by atoms with E-state index in [0.717, 1.165) is 0 Å². The van der Waals surface area contributed by atoms with Gasteiger partial charge in [-0.25, -0.2) is 0 Å². The lowest BCUT2D eigenvalue weighted by atomic mass is 10.1. The number of rotatable bonds is 7. The maximum Gasteiger partial charge on any atom is 0.257 e. The number of methoxy groups -OCH3 is 1. The number of hydrogen-bond donors (Lipinski definition) is 2. The highest BCUT2D eigenvalue weighted by Gasteiger charge is 2.16. The average Bonchev–Trinajstić information content (AvgIpc) is 2.72. The fourth-order valence-corrected chi connectivity index (χ4v) is 2.55. The quantitative estimate of drug-likeness (QED) is 0.718. The summed E-state index contributed by atoms with van der Waals surface area (Å²) in [5.41, 5.74) is 1.01. The van der Waals surface area contributed by atoms with Crippen molar-refractivity contribution in [3.63, 3.8) is 0 Å². The molecule has 0 fully saturated rings. The Morgan fingerprint density at radius 3 is 2.41 bits per heavy atom. The van der Waals surface area contributed by atoms with Crippen molar-refractivity contribution in [1.82, 2.24) is 10.2 Å². The maximum absolute atomic E-state index is 12.6. The summed E-state index contributed by atoms with van der Waals surface area (Å²) in [5, 5.41) is 5.46. The Hall–Kier alpha value is -3.26. The van der Waals surface area contributed by atoms with Crippen LogP contribution in [0.5, 0.6) is 11.5 Å². The third kappa shape index (κ3) is 5.61. The summed E-state index contributed by atoms with van der Waals surface area (Å²) < 4.78 is 10.6. The van der Waals surface area contributed by atoms with Crippen LogP contribution in [0.4, 0.5) is 5.69 Å². The molecule has 3 amide bonds. The molecule has 8 nitrogen and oxygen atoms in total. The van der Waals surface area contributed by atoms with E-state index in [0.29, 0.717) is 27.8 Å². The Kier molecular flexibility index (Phi) is 7.44. The lowest BCUT2D eigenvalue weighted by Crippen LogP contribution is -2.25. The maximum atomic E-state index is 12.6. The second kappa shape index (κ2) is 9.79. The van der Waals surface area contributed by atoms with E-state index in [-0.39, 0.29) is 24.0 Å². The lowest BCUT2D eigenvalue weighted by molar-refractivity contribution is -0.122. The van der Waals surface area contributed by atoms with Gasteiger partial charge in [-0.3, -0.25) is 14.4 Å². The Labute approximate surface area is 173 Å². The Morgan fingerprint density at radius 2 is 1.79 bits per heavy atom. The first-order valence-electron chi connectivity index (χ1n) is 8.60. The van der Waals surface area contributed by atoms with E-state index in [4.69, 9.17) is 21.1 Å². The van der Waals surface area contributed by atoms with Crippen LogP contribution in [-0.2, 0) is 4.79 Å². The molecule has 0 aliphatic carbocycles. The molecule has 9 heteroatoms. The summed E-state index contributed by atoms with van der Waals surface area (Å²) in [7, 11) is 6.17. The lowest BCUT2D eigenvalue weighted by Gasteiger charge is -2.14. The fraction of sp³-hybridized carbons (Fsp3) is 0.250. The number of likely N-dealkylation sites (N-methyl/N-ethyl adjacent to an activating group) is 1. The molecule has 0 atom stereocenters. The van der Waals surface area contributed by atoms with Crippen LogP contribution in [-0.4, -0.2) is 57.5 Å². The first kappa shape index (κ1) is 22.0. The Bertz CT molecular complexity index is 930. The van der Waals surface area contributed by atoms with Crippen molar-refractivity contribution < 1.29 is 23.9 Å². The molecule has 2 N–H and O–H groups in total. The minimum absolute atomic E-state index is 0.175. The van der Waals surface area contributed by atoms with Gasteiger partial charge in [0.05, 0.1) is 17.7 Å². The van der Waals surface area contributed by atoms with Crippen LogP contribution in [0, 0.1) is 0 Å². The molecule has 0 unspecified atom stereocenters. The van der Waals surface area contributed by atoms with Crippen LogP contribution >= 0.6 is 11.6 Å². The zero-order chi connectivity index (χ0) is 21.6. The van der Waals surface area contributed by atoms with E-state index < -0.39 is 5.91 Å². The second-order valence-corrected chi connectivity index (χ2v) is 6.58. The van der Waals surface area contributed by atoms with E-state index in [2.05, 4.69) is 10.6 Å². The molecule has 0 aliphatic rings. The minimum atomic E-state index is -0.410. The monoisotopic (exact) mass is 419 g/mol. The highest BCUT2D eigenvalue weighted by atomic mass is 35.5. The van der Waals surface area contributed by atoms with Crippen LogP contribution in [0.15, 0.2) is 36.4 Å². The molecule has 0 bridgehead atoms. The number of halogens is 1. The van der Waals surface area contributed by atoms with Crippen molar-refractivity contribution in [3.05, 3.63) is 52.5 Å². The third-order valence-electron chi connectivity index (χ3n) is 3.92. The standard InChI is InChI=1S/C20H22ClN3O5/c1-22-18(25)11-29-16-8-5-12(9-17(16)28-4)19(26)23-13-6-7-15(21)14(10-13)20(27)24(2)3/h5-10H,11H2,1-4H3,(H,22,25)(H,23,26). The van der Waals surface area contributed by atoms with Gasteiger partial charge >= 0.3 is 0 Å². The molecule has 2 aromatic carbocycles. The first-order chi connectivity index (χ1) is 13.8. The summed E-state index contributed by atoms with van der Waals surface area (Å²) in [6.07, 6.45) is 0. The number of hydrogen-bond acceptors (Lipinski definition) is 5. The average molecular weight is 420 g/mol. The van der Waals surface area contributed by atoms with Crippen LogP contribution in [0.3, 0.4) is 0 Å². The smallest absolute Gasteiger partial charge is 0.257 e. The van der Waals surface area contributed by atoms with E-state index >= 15 is 0 Å². The number of anilines is 1. The van der Waals surface area contributed by atoms with Gasteiger partial charge in [0.1, 0.15) is 0 Å². The largest absolute Gasteiger partial charge is 0.493 e. The van der Waals surface area contributed by atoms with Gasteiger partial charge in [0.2, 0.25) is 0 Å². The van der Waals surface area contributed by atoms with E-state index in [9.17, 15) is 14.4 Å². The molecule has 0 aromatic heterocycles. The molecule has 0 spiro atoms. The normalized spacial score (nSPS) is 10.1. The van der Waals surface area contributed by atoms with Crippen LogP contribution in [0.2, 0.25) is 5.02 Å². The van der Waals surface area contributed by atoms with Gasteiger partial charge in [-0.05, 0) is 36.4 Å². The van der Waals surface area contributed by atoms with Crippen molar-refractivity contribution in [2.45, 2.75) is 0 Å². The molecule has 2 rings (SSSR count). The molecule has 154 valence electrons. The molecule has 2 aromatic rings. The van der Waals surface area contributed by atoms with Crippen molar-refractivity contribution in [3.8, 4) is 11.5 Å². The molecular weight excluding hydrogens is 398 g/mol. The van der Waals surface area contributed by atoms with Gasteiger partial charge in [-0.1, -0.05) is 11.6 Å². The van der Waals surface area contributed by atoms with Crippen molar-refractivity contribution in [2.24, 2.45) is 0 Å². The summed E-state index contributed by atoms with van der Waals surface area (Å²) in [4.78, 5) is 37.5. The van der Waals surface area contributed by atoms with Crippen LogP contribution < -0.4 is 20.1 Å². The van der Waals surface area contributed by atoms with Gasteiger partial charge < -0.3 is 25.0 Å². The number of benzene rings is 2. The van der Waals surface area contributed by atoms with Gasteiger partial charge in [-0.2, -0.15) is 0 Å². The zero-order valence-electron chi connectivity index (χ0n) is 16.5. The van der Waals surface area contributed by atoms with E-state index in [1.54, 1.807) is 38.4 Å². The molecular formula is C20H22ClN3O5. The molecule has 0 saturated heterocycles. The summed E-state index contributed by atoms with van der Waals surface area (Å²) >= 11 is 6.09. The summed E-state index contributed by atoms with van der Waals surface area (Å²) in [5.74, 6) is -0.337. The number of carbonyl (C=O) groups is 3. The minimum Gasteiger partial charge on any atom is -0.493 e. The number of nitrogens with one attached hydrogen (secondary N) is 2. The topological polar surface area (TPSA) is 97.0 Å². The fourth-order valence-electron chi connectivity index (χ4n) is 2.35. The molecule has 0 radical (unpaired) electrons.